The molecule has 4 aliphatic heterocycles. The van der Waals surface area contributed by atoms with E-state index in [0.717, 1.165) is 60.7 Å². The highest BCUT2D eigenvalue weighted by molar-refractivity contribution is 7.89. The van der Waals surface area contributed by atoms with Gasteiger partial charge in [-0.3, -0.25) is 14.7 Å². The molecular weight excluding hydrogens is 954 g/mol. The van der Waals surface area contributed by atoms with E-state index in [1.54, 1.807) is 18.2 Å². The minimum absolute atomic E-state index is 0.0125. The largest absolute Gasteiger partial charge is 0.489 e. The third-order valence-electron chi connectivity index (χ3n) is 13.2. The molecule has 0 radical (unpaired) electrons. The Morgan fingerprint density at radius 2 is 1.55 bits per heavy atom. The number of hydrogen-bond acceptors (Lipinski definition) is 11. The molecule has 0 spiro atoms. The molecule has 1 amide bonds. The Kier molecular flexibility index (Phi) is 15.2. The van der Waals surface area contributed by atoms with Crippen molar-refractivity contribution in [2.45, 2.75) is 87.4 Å². The van der Waals surface area contributed by atoms with E-state index in [1.807, 2.05) is 48.5 Å². The fourth-order valence-electron chi connectivity index (χ4n) is 9.27. The average molecular weight is 1010 g/mol. The van der Waals surface area contributed by atoms with Gasteiger partial charge >= 0.3 is 18.7 Å². The summed E-state index contributed by atoms with van der Waals surface area (Å²) in [4.78, 5) is 34.0. The first kappa shape index (κ1) is 48.5. The molecule has 1 aliphatic carbocycles. The van der Waals surface area contributed by atoms with E-state index in [1.165, 1.54) is 42.7 Å². The van der Waals surface area contributed by atoms with Crippen LogP contribution in [0.25, 0.3) is 0 Å². The molecule has 5 fully saturated rings. The van der Waals surface area contributed by atoms with Crippen LogP contribution in [0.2, 0.25) is 10.0 Å². The molecule has 10 rings (SSSR count). The maximum Gasteiger partial charge on any atom is 0.408 e. The van der Waals surface area contributed by atoms with E-state index in [0.29, 0.717) is 34.8 Å². The first-order valence-corrected chi connectivity index (χ1v) is 25.4. The lowest BCUT2D eigenvalue weighted by atomic mass is 9.86. The van der Waals surface area contributed by atoms with Gasteiger partial charge in [0.25, 0.3) is 0 Å². The fourth-order valence-corrected chi connectivity index (χ4v) is 11.5. The molecule has 5 heterocycles. The van der Waals surface area contributed by atoms with Crippen LogP contribution in [0.1, 0.15) is 78.5 Å². The van der Waals surface area contributed by atoms with Gasteiger partial charge in [0, 0.05) is 31.9 Å². The Hall–Kier alpha value is -5.52. The maximum absolute atomic E-state index is 14.4. The molecule has 1 aromatic heterocycles. The van der Waals surface area contributed by atoms with Crippen molar-refractivity contribution in [1.82, 2.24) is 19.5 Å². The molecule has 4 saturated heterocycles. The van der Waals surface area contributed by atoms with Crippen molar-refractivity contribution in [3.05, 3.63) is 147 Å². The Balaban J connectivity index is 0.896. The van der Waals surface area contributed by atoms with Crippen LogP contribution in [0, 0.1) is 11.8 Å². The van der Waals surface area contributed by atoms with E-state index in [9.17, 15) is 26.8 Å². The quantitative estimate of drug-likeness (QED) is 0.0789. The van der Waals surface area contributed by atoms with Gasteiger partial charge in [0.05, 0.1) is 27.6 Å². The van der Waals surface area contributed by atoms with E-state index in [2.05, 4.69) is 15.2 Å². The van der Waals surface area contributed by atoms with E-state index in [4.69, 9.17) is 46.9 Å². The number of nitrogens with zero attached hydrogens (tertiary/aromatic N) is 3. The van der Waals surface area contributed by atoms with Crippen LogP contribution in [0.4, 0.5) is 13.6 Å². The zero-order chi connectivity index (χ0) is 48.1. The van der Waals surface area contributed by atoms with E-state index in [-0.39, 0.29) is 71.1 Å². The summed E-state index contributed by atoms with van der Waals surface area (Å²) in [5.41, 5.74) is 2.96. The molecule has 4 atom stereocenters. The smallest absolute Gasteiger partial charge is 0.408 e. The Morgan fingerprint density at radius 3 is 2.28 bits per heavy atom. The predicted octanol–water partition coefficient (Wildman–Crippen LogP) is 9.95. The summed E-state index contributed by atoms with van der Waals surface area (Å²) in [5.74, 6) is 0.191. The second-order valence-corrected chi connectivity index (χ2v) is 20.6. The van der Waals surface area contributed by atoms with Gasteiger partial charge in [-0.15, -0.1) is 0 Å². The Bertz CT molecular complexity index is 2710. The van der Waals surface area contributed by atoms with E-state index < -0.39 is 46.9 Å². The van der Waals surface area contributed by atoms with Gasteiger partial charge in [0.1, 0.15) is 30.6 Å². The summed E-state index contributed by atoms with van der Waals surface area (Å²) >= 11 is 13.0. The predicted molar refractivity (Wildman–Crippen MR) is 253 cm³/mol. The summed E-state index contributed by atoms with van der Waals surface area (Å²) in [6, 6.07) is 25.8. The van der Waals surface area contributed by atoms with Crippen LogP contribution in [0.15, 0.2) is 114 Å². The topological polar surface area (TPSA) is 146 Å². The van der Waals surface area contributed by atoms with Gasteiger partial charge in [-0.25, -0.2) is 13.2 Å². The van der Waals surface area contributed by atoms with Crippen molar-refractivity contribution in [3.8, 4) is 17.2 Å². The number of alkyl halides is 2. The number of fused-ring (bicyclic) bond motifs is 3. The molecule has 2 bridgehead atoms. The SMILES string of the molecule is O=C(N[C@@H](c1ccccc1)c1cccc(OCc2cccc(S(=O)(=O)N3CCC[C@H]3C(=O)O[C@@H](Cc3c(Cl)cncc3Cl)c3ccc(OC(F)F)c(OCC4CC4)c3)c2)c1)O[C@H]1CN2CCC1CC2. The zero-order valence-corrected chi connectivity index (χ0v) is 39.9. The standard InChI is InChI=1S/C51H52Cl2F2N4O9S/c52-41-27-56-28-42(53)40(41)26-45(36-16-17-44(67-50(54)55)46(25-36)65-30-32-14-15-32)66-49(60)43-13-6-20-59(43)69(62,63)39-12-4-7-33(23-39)31-64-38-11-5-10-37(24-38)48(35-8-2-1-3-9-35)57-51(61)68-47-29-58-21-18-34(47)19-22-58/h1-5,7-12,16-17,23-25,27-28,32,34,43,45,47-48,50H,6,13-15,18-22,26,29-31H2,(H,57,61)/t43-,45-,47-,48-/m0/s1. The molecule has 4 aromatic carbocycles. The minimum Gasteiger partial charge on any atom is -0.489 e. The number of halogens is 4. The molecule has 13 nitrogen and oxygen atoms in total. The highest BCUT2D eigenvalue weighted by Crippen LogP contribution is 2.39. The number of amides is 1. The highest BCUT2D eigenvalue weighted by Gasteiger charge is 2.42. The van der Waals surface area contributed by atoms with Crippen LogP contribution in [0.3, 0.4) is 0 Å². The van der Waals surface area contributed by atoms with Crippen molar-refractivity contribution in [1.29, 1.82) is 0 Å². The van der Waals surface area contributed by atoms with Crippen molar-refractivity contribution in [3.63, 3.8) is 0 Å². The monoisotopic (exact) mass is 1000 g/mol. The second-order valence-electron chi connectivity index (χ2n) is 17.9. The van der Waals surface area contributed by atoms with Crippen molar-refractivity contribution >= 4 is 45.3 Å². The molecule has 1 N–H and O–H groups in total. The Labute approximate surface area is 410 Å². The van der Waals surface area contributed by atoms with Gasteiger partial charge in [-0.2, -0.15) is 13.1 Å². The zero-order valence-electron chi connectivity index (χ0n) is 37.6. The summed E-state index contributed by atoms with van der Waals surface area (Å²) in [6.45, 7) is 0.0638. The molecule has 18 heteroatoms. The van der Waals surface area contributed by atoms with Crippen molar-refractivity contribution in [2.24, 2.45) is 11.8 Å². The number of nitrogens with one attached hydrogen (secondary N) is 1. The number of ether oxygens (including phenoxy) is 5. The lowest BCUT2D eigenvalue weighted by Crippen LogP contribution is -2.52. The number of esters is 1. The Morgan fingerprint density at radius 1 is 0.797 bits per heavy atom. The van der Waals surface area contributed by atoms with Crippen LogP contribution in [0.5, 0.6) is 17.2 Å². The van der Waals surface area contributed by atoms with Gasteiger partial charge in [0.2, 0.25) is 10.0 Å². The maximum atomic E-state index is 14.4. The molecule has 5 aliphatic rings. The third kappa shape index (κ3) is 11.9. The number of carbonyl (C=O) groups excluding carboxylic acids is 2. The summed E-state index contributed by atoms with van der Waals surface area (Å²) < 4.78 is 85.8. The number of pyridine rings is 1. The summed E-state index contributed by atoms with van der Waals surface area (Å²) in [6.07, 6.45) is 5.51. The number of aromatic nitrogens is 1. The molecule has 5 aromatic rings. The lowest BCUT2D eigenvalue weighted by molar-refractivity contribution is -0.153. The van der Waals surface area contributed by atoms with Crippen LogP contribution >= 0.6 is 23.2 Å². The minimum atomic E-state index is -4.25. The fraction of sp³-hybridized carbons (Fsp3) is 0.392. The highest BCUT2D eigenvalue weighted by atomic mass is 35.5. The van der Waals surface area contributed by atoms with Crippen LogP contribution in [-0.4, -0.2) is 86.2 Å². The van der Waals surface area contributed by atoms with Gasteiger partial charge in [-0.1, -0.05) is 83.9 Å². The summed E-state index contributed by atoms with van der Waals surface area (Å²) in [5, 5.41) is 3.50. The number of sulfonamides is 1. The lowest BCUT2D eigenvalue weighted by Gasteiger charge is -2.43. The second kappa shape index (κ2) is 21.6. The number of carbonyl (C=O) groups is 2. The average Bonchev–Trinajstić information content (AvgIpc) is 4.05. The van der Waals surface area contributed by atoms with Crippen LogP contribution < -0.4 is 19.5 Å². The molecular formula is C51H52Cl2F2N4O9S. The molecule has 1 saturated carbocycles. The molecule has 69 heavy (non-hydrogen) atoms. The van der Waals surface area contributed by atoms with Crippen LogP contribution in [-0.2, 0) is 37.3 Å². The number of hydrogen-bond donors (Lipinski definition) is 1. The number of alkyl carbamates (subject to hydrolysis) is 1. The van der Waals surface area contributed by atoms with Gasteiger partial charge < -0.3 is 29.0 Å². The number of piperidine rings is 3. The normalized spacial score (nSPS) is 21.1. The molecule has 0 unspecified atom stereocenters. The number of benzene rings is 4. The van der Waals surface area contributed by atoms with Crippen molar-refractivity contribution < 1.29 is 50.5 Å². The number of rotatable bonds is 19. The van der Waals surface area contributed by atoms with E-state index >= 15 is 0 Å². The first-order valence-electron chi connectivity index (χ1n) is 23.2. The third-order valence-corrected chi connectivity index (χ3v) is 15.7. The van der Waals surface area contributed by atoms with Gasteiger partial charge in [0.15, 0.2) is 11.5 Å². The van der Waals surface area contributed by atoms with Crippen molar-refractivity contribution in [2.75, 3.05) is 32.8 Å². The first-order chi connectivity index (χ1) is 33.4. The molecule has 364 valence electrons. The van der Waals surface area contributed by atoms with Gasteiger partial charge in [-0.05, 0) is 128 Å². The summed E-state index contributed by atoms with van der Waals surface area (Å²) in [7, 11) is -4.25.